The summed E-state index contributed by atoms with van der Waals surface area (Å²) >= 11 is 0. The van der Waals surface area contributed by atoms with Crippen molar-refractivity contribution in [1.82, 2.24) is 9.80 Å². The normalized spacial score (nSPS) is 41.8. The summed E-state index contributed by atoms with van der Waals surface area (Å²) in [6.07, 6.45) is 82.2. The highest BCUT2D eigenvalue weighted by Gasteiger charge is 2.59. The highest BCUT2D eigenvalue weighted by Crippen LogP contribution is 2.67. The van der Waals surface area contributed by atoms with Crippen LogP contribution in [0.15, 0.2) is 155 Å². The molecule has 13 unspecified atom stereocenters. The van der Waals surface area contributed by atoms with Gasteiger partial charge in [0.1, 0.15) is 0 Å². The molecule has 0 bridgehead atoms. The molecule has 3 heteroatoms. The van der Waals surface area contributed by atoms with Crippen molar-refractivity contribution in [2.24, 2.45) is 52.8 Å². The lowest BCUT2D eigenvalue weighted by atomic mass is 9.54. The Morgan fingerprint density at radius 2 is 1.53 bits per heavy atom. The molecule has 14 rings (SSSR count). The van der Waals surface area contributed by atoms with E-state index < -0.39 is 0 Å². The Balaban J connectivity index is 0.772. The Kier molecular flexibility index (Phi) is 13.8. The van der Waals surface area contributed by atoms with E-state index in [-0.39, 0.29) is 11.5 Å². The van der Waals surface area contributed by atoms with Crippen LogP contribution in [0, 0.1) is 52.8 Å². The Hall–Kier alpha value is -3.66. The van der Waals surface area contributed by atoms with Crippen molar-refractivity contribution < 1.29 is 4.74 Å². The molecule has 0 aromatic heterocycles. The molecule has 0 radical (unpaired) electrons. The van der Waals surface area contributed by atoms with E-state index >= 15 is 0 Å². The fraction of sp³-hybridized carbons (Fsp3) is 0.634. The minimum atomic E-state index is 0.0757. The number of hydrogen-bond donors (Lipinski definition) is 0. The third-order valence-electron chi connectivity index (χ3n) is 23.3. The first-order chi connectivity index (χ1) is 36.6. The van der Waals surface area contributed by atoms with E-state index in [2.05, 4.69) is 114 Å². The monoisotopic (exact) mass is 989 g/mol. The van der Waals surface area contributed by atoms with Crippen LogP contribution in [0.3, 0.4) is 0 Å². The molecule has 0 N–H and O–H groups in total. The Morgan fingerprint density at radius 1 is 0.662 bits per heavy atom. The molecule has 0 aromatic rings. The number of ether oxygens (including phenoxy) is 1. The van der Waals surface area contributed by atoms with Gasteiger partial charge in [0.25, 0.3) is 0 Å². The molecule has 1 saturated heterocycles. The summed E-state index contributed by atoms with van der Waals surface area (Å²) in [4.78, 5) is 6.32. The quantitative estimate of drug-likeness (QED) is 0.203. The maximum absolute atomic E-state index is 6.90. The molecule has 2 saturated carbocycles. The van der Waals surface area contributed by atoms with Crippen molar-refractivity contribution >= 4 is 0 Å². The average molecular weight is 990 g/mol. The number of fused-ring (bicyclic) bond motifs is 7. The summed E-state index contributed by atoms with van der Waals surface area (Å²) < 4.78 is 6.90. The van der Waals surface area contributed by atoms with E-state index in [9.17, 15) is 0 Å². The Labute approximate surface area is 448 Å². The van der Waals surface area contributed by atoms with Crippen molar-refractivity contribution in [2.75, 3.05) is 0 Å². The Morgan fingerprint density at radius 3 is 2.35 bits per heavy atom. The zero-order valence-corrected chi connectivity index (χ0v) is 45.5. The van der Waals surface area contributed by atoms with Crippen LogP contribution in [0.2, 0.25) is 0 Å². The number of nitrogens with zero attached hydrogens (tertiary/aromatic N) is 2. The second-order valence-corrected chi connectivity index (χ2v) is 26.6. The maximum atomic E-state index is 6.90. The van der Waals surface area contributed by atoms with Gasteiger partial charge in [0.05, 0.1) is 18.2 Å². The standard InChI is InChI=1S/C71H92N2O/c1-2-48-25-38-59(39-26-48)74-60-40-32-54(33-41-60)71(53-16-5-3-6-17-53)67-23-13-11-21-63(67)64-43-37-58(47-68(64)71)72(57-36-42-62-52(45-57)28-27-50-15-9-10-20-61(50)62)56-34-29-49(30-35-56)51-31-44-70-66(46-51)65-22-12-14-24-69(65)73(70)55-18-7-4-8-19-55/h2,5,9,12-16,23,25-26,32,37-38,43,45-46,49-50,53,55-56,58-61,63,65-67,69-70H,1,3-4,6-8,10-11,17-22,24,27-31,33-36,39-42,44,47H2. The van der Waals surface area contributed by atoms with E-state index in [1.165, 1.54) is 173 Å². The largest absolute Gasteiger partial charge is 0.370 e. The summed E-state index contributed by atoms with van der Waals surface area (Å²) in [6, 6.07) is 3.48. The first-order valence-corrected chi connectivity index (χ1v) is 31.7. The zero-order valence-electron chi connectivity index (χ0n) is 45.5. The van der Waals surface area contributed by atoms with Gasteiger partial charge in [0, 0.05) is 35.3 Å². The summed E-state index contributed by atoms with van der Waals surface area (Å²) in [5.41, 5.74) is 13.9. The van der Waals surface area contributed by atoms with E-state index in [1.807, 2.05) is 22.8 Å². The highest BCUT2D eigenvalue weighted by molar-refractivity contribution is 5.53. The SMILES string of the molecule is C=CC1=CCC(OC2CC=C(C3(C4C=CCCC4)C4=C(C=CC(N(C5=CC6=C(CC5)C5CCC=CC5CC6)C5CCC(C6=CC7C8CC=CCC8N(C8CCCCC8)C7CC6)CC5)C4)C4CCC=CC43)CC2)C=C1. The highest BCUT2D eigenvalue weighted by atomic mass is 16.5. The van der Waals surface area contributed by atoms with E-state index in [1.54, 1.807) is 22.4 Å². The molecule has 1 aliphatic heterocycles. The first-order valence-electron chi connectivity index (χ1n) is 31.7. The zero-order chi connectivity index (χ0) is 49.2. The average Bonchev–Trinajstić information content (AvgIpc) is 3.96. The van der Waals surface area contributed by atoms with Crippen molar-refractivity contribution in [3.8, 4) is 0 Å². The lowest BCUT2D eigenvalue weighted by molar-refractivity contribution is 0.00637. The number of rotatable bonds is 10. The molecule has 3 nitrogen and oxygen atoms in total. The first kappa shape index (κ1) is 48.7. The number of likely N-dealkylation sites (tertiary alicyclic amines) is 1. The smallest absolute Gasteiger partial charge is 0.0797 e. The second-order valence-electron chi connectivity index (χ2n) is 26.6. The minimum absolute atomic E-state index is 0.0757. The van der Waals surface area contributed by atoms with Crippen LogP contribution >= 0.6 is 0 Å². The van der Waals surface area contributed by atoms with Crippen molar-refractivity contribution in [3.05, 3.63) is 155 Å². The molecule has 0 amide bonds. The van der Waals surface area contributed by atoms with Crippen molar-refractivity contribution in [2.45, 2.75) is 229 Å². The van der Waals surface area contributed by atoms with E-state index in [0.29, 0.717) is 35.9 Å². The third kappa shape index (κ3) is 8.64. The number of hydrogen-bond acceptors (Lipinski definition) is 3. The summed E-state index contributed by atoms with van der Waals surface area (Å²) in [5, 5.41) is 0. The molecular formula is C71H92N2O. The van der Waals surface area contributed by atoms with Gasteiger partial charge in [-0.3, -0.25) is 4.90 Å². The summed E-state index contributed by atoms with van der Waals surface area (Å²) in [5.74, 6) is 5.75. The van der Waals surface area contributed by atoms with Crippen molar-refractivity contribution in [1.29, 1.82) is 0 Å². The van der Waals surface area contributed by atoms with E-state index in [4.69, 9.17) is 4.74 Å². The summed E-state index contributed by atoms with van der Waals surface area (Å²) in [7, 11) is 0. The van der Waals surface area contributed by atoms with Gasteiger partial charge >= 0.3 is 0 Å². The van der Waals surface area contributed by atoms with Gasteiger partial charge in [0.15, 0.2) is 0 Å². The van der Waals surface area contributed by atoms with Gasteiger partial charge in [-0.05, 0) is 237 Å². The third-order valence-corrected chi connectivity index (χ3v) is 23.3. The number of allylic oxidation sites excluding steroid dienone is 18. The lowest BCUT2D eigenvalue weighted by Gasteiger charge is -2.51. The van der Waals surface area contributed by atoms with Gasteiger partial charge < -0.3 is 9.64 Å². The minimum Gasteiger partial charge on any atom is -0.370 e. The van der Waals surface area contributed by atoms with Crippen molar-refractivity contribution in [3.63, 3.8) is 0 Å². The van der Waals surface area contributed by atoms with E-state index in [0.717, 1.165) is 67.0 Å². The van der Waals surface area contributed by atoms with Crippen LogP contribution in [0.25, 0.3) is 0 Å². The van der Waals surface area contributed by atoms with Crippen LogP contribution in [0.1, 0.15) is 186 Å². The summed E-state index contributed by atoms with van der Waals surface area (Å²) in [6.45, 7) is 4.01. The van der Waals surface area contributed by atoms with Crippen LogP contribution in [-0.4, -0.2) is 52.2 Å². The molecule has 0 aromatic carbocycles. The van der Waals surface area contributed by atoms with Crippen LogP contribution < -0.4 is 0 Å². The predicted octanol–water partition coefficient (Wildman–Crippen LogP) is 17.4. The molecule has 392 valence electrons. The van der Waals surface area contributed by atoms with Crippen LogP contribution in [0.5, 0.6) is 0 Å². The molecule has 0 spiro atoms. The predicted molar refractivity (Wildman–Crippen MR) is 307 cm³/mol. The second kappa shape index (κ2) is 20.9. The van der Waals surface area contributed by atoms with Crippen LogP contribution in [-0.2, 0) is 4.74 Å². The van der Waals surface area contributed by atoms with Gasteiger partial charge in [0.2, 0.25) is 0 Å². The molecule has 13 atom stereocenters. The lowest BCUT2D eigenvalue weighted by Crippen LogP contribution is -2.47. The van der Waals surface area contributed by atoms with Gasteiger partial charge in [-0.25, -0.2) is 0 Å². The Bertz CT molecular complexity index is 2530. The molecule has 1 heterocycles. The molecule has 3 fully saturated rings. The fourth-order valence-electron chi connectivity index (χ4n) is 20.1. The van der Waals surface area contributed by atoms with Gasteiger partial charge in [-0.1, -0.05) is 145 Å². The maximum Gasteiger partial charge on any atom is 0.0797 e. The molecule has 13 aliphatic carbocycles. The fourth-order valence-corrected chi connectivity index (χ4v) is 20.1. The van der Waals surface area contributed by atoms with Gasteiger partial charge in [-0.2, -0.15) is 0 Å². The van der Waals surface area contributed by atoms with Gasteiger partial charge in [-0.15, -0.1) is 0 Å². The topological polar surface area (TPSA) is 15.7 Å². The molecular weight excluding hydrogens is 897 g/mol. The molecule has 74 heavy (non-hydrogen) atoms. The van der Waals surface area contributed by atoms with Crippen LogP contribution in [0.4, 0.5) is 0 Å². The molecule has 14 aliphatic rings.